The third kappa shape index (κ3) is 4.44. The molecule has 3 rings (SSSR count). The van der Waals surface area contributed by atoms with E-state index in [4.69, 9.17) is 4.74 Å². The van der Waals surface area contributed by atoms with Crippen molar-refractivity contribution >= 4 is 17.7 Å². The molecule has 0 aromatic carbocycles. The second kappa shape index (κ2) is 8.60. The Balaban J connectivity index is 1.79. The summed E-state index contributed by atoms with van der Waals surface area (Å²) in [5, 5.41) is 12.4. The van der Waals surface area contributed by atoms with Crippen LogP contribution in [0.15, 0.2) is 47.8 Å². The van der Waals surface area contributed by atoms with Crippen molar-refractivity contribution in [3.05, 3.63) is 42.6 Å². The maximum Gasteiger partial charge on any atom is 0.236 e. The zero-order valence-corrected chi connectivity index (χ0v) is 17.4. The molecule has 0 aliphatic heterocycles. The summed E-state index contributed by atoms with van der Waals surface area (Å²) in [6.45, 7) is 6.47. The van der Waals surface area contributed by atoms with Gasteiger partial charge in [-0.3, -0.25) is 9.78 Å². The lowest BCUT2D eigenvalue weighted by Crippen LogP contribution is -2.44. The number of carbonyl (C=O) groups excluding carboxylic acids is 1. The normalized spacial score (nSPS) is 16.2. The average molecular weight is 400 g/mol. The highest BCUT2D eigenvalue weighted by Crippen LogP contribution is 2.34. The summed E-state index contributed by atoms with van der Waals surface area (Å²) >= 11 is 1.40. The van der Waals surface area contributed by atoms with Crippen molar-refractivity contribution in [1.29, 1.82) is 0 Å². The quantitative estimate of drug-likeness (QED) is 0.720. The smallest absolute Gasteiger partial charge is 0.236 e. The fourth-order valence-electron chi connectivity index (χ4n) is 2.80. The van der Waals surface area contributed by atoms with Gasteiger partial charge in [-0.2, -0.15) is 0 Å². The average Bonchev–Trinajstić information content (AvgIpc) is 3.10. The van der Waals surface area contributed by atoms with Crippen molar-refractivity contribution in [3.8, 4) is 17.3 Å². The van der Waals surface area contributed by atoms with E-state index in [0.29, 0.717) is 29.0 Å². The Hall–Kier alpha value is -2.61. The minimum absolute atomic E-state index is 0.0259. The molecule has 28 heavy (non-hydrogen) atoms. The van der Waals surface area contributed by atoms with Crippen LogP contribution in [-0.4, -0.2) is 43.6 Å². The van der Waals surface area contributed by atoms with Gasteiger partial charge in [-0.05, 0) is 33.3 Å². The molecule has 7 nitrogen and oxygen atoms in total. The maximum atomic E-state index is 12.8. The number of hydrogen-bond acceptors (Lipinski definition) is 6. The first kappa shape index (κ1) is 20.1. The molecule has 1 aliphatic rings. The molecular formula is C20H25N5O2S. The number of aromatic nitrogens is 4. The van der Waals surface area contributed by atoms with Crippen LogP contribution in [0.3, 0.4) is 0 Å². The number of nitrogens with one attached hydrogen (secondary N) is 1. The first-order valence-electron chi connectivity index (χ1n) is 9.21. The largest absolute Gasteiger partial charge is 0.497 e. The van der Waals surface area contributed by atoms with Crippen LogP contribution in [0.5, 0.6) is 5.75 Å². The van der Waals surface area contributed by atoms with Gasteiger partial charge in [-0.15, -0.1) is 10.2 Å². The highest BCUT2D eigenvalue weighted by atomic mass is 32.2. The second-order valence-corrected chi connectivity index (χ2v) is 8.46. The van der Waals surface area contributed by atoms with Gasteiger partial charge in [0.15, 0.2) is 11.0 Å². The van der Waals surface area contributed by atoms with Crippen LogP contribution in [0.2, 0.25) is 0 Å². The van der Waals surface area contributed by atoms with Crippen LogP contribution >= 0.6 is 11.8 Å². The number of methoxy groups -OCH3 is 1. The van der Waals surface area contributed by atoms with Crippen molar-refractivity contribution in [3.63, 3.8) is 0 Å². The van der Waals surface area contributed by atoms with Crippen LogP contribution < -0.4 is 10.1 Å². The number of rotatable bonds is 7. The van der Waals surface area contributed by atoms with Crippen molar-refractivity contribution in [1.82, 2.24) is 25.1 Å². The standard InChI is InChI=1S/C20H25N5O2S/c1-5-25-17(16-13-15(27-4)11-12-21-16)23-24-19(25)28-20(2,3)18(26)22-14-9-7-6-8-10-14/h6-9,11-14H,5,10H2,1-4H3,(H,22,26). The molecule has 0 saturated heterocycles. The van der Waals surface area contributed by atoms with Gasteiger partial charge >= 0.3 is 0 Å². The molecule has 1 N–H and O–H groups in total. The molecule has 1 aliphatic carbocycles. The van der Waals surface area contributed by atoms with E-state index in [0.717, 1.165) is 6.42 Å². The third-order valence-corrected chi connectivity index (χ3v) is 5.60. The lowest BCUT2D eigenvalue weighted by molar-refractivity contribution is -0.123. The van der Waals surface area contributed by atoms with Crippen molar-refractivity contribution in [2.24, 2.45) is 0 Å². The molecule has 0 saturated carbocycles. The zero-order chi connectivity index (χ0) is 20.1. The van der Waals surface area contributed by atoms with Gasteiger partial charge in [0.1, 0.15) is 11.4 Å². The minimum Gasteiger partial charge on any atom is -0.497 e. The number of pyridine rings is 1. The van der Waals surface area contributed by atoms with Crippen LogP contribution in [0.1, 0.15) is 27.2 Å². The van der Waals surface area contributed by atoms with E-state index < -0.39 is 4.75 Å². The lowest BCUT2D eigenvalue weighted by atomic mass is 10.1. The second-order valence-electron chi connectivity index (χ2n) is 6.87. The monoisotopic (exact) mass is 399 g/mol. The van der Waals surface area contributed by atoms with E-state index in [-0.39, 0.29) is 11.9 Å². The summed E-state index contributed by atoms with van der Waals surface area (Å²) in [6, 6.07) is 3.64. The summed E-state index contributed by atoms with van der Waals surface area (Å²) < 4.78 is 6.54. The number of amides is 1. The van der Waals surface area contributed by atoms with E-state index in [2.05, 4.69) is 20.5 Å². The summed E-state index contributed by atoms with van der Waals surface area (Å²) in [5.41, 5.74) is 0.682. The third-order valence-electron chi connectivity index (χ3n) is 4.42. The van der Waals surface area contributed by atoms with Crippen molar-refractivity contribution in [2.45, 2.75) is 49.7 Å². The molecule has 1 amide bonds. The number of thioether (sulfide) groups is 1. The number of nitrogens with zero attached hydrogens (tertiary/aromatic N) is 4. The van der Waals surface area contributed by atoms with Gasteiger partial charge in [0, 0.05) is 18.8 Å². The Bertz CT molecular complexity index is 904. The maximum absolute atomic E-state index is 12.8. The molecule has 1 atom stereocenters. The summed E-state index contributed by atoms with van der Waals surface area (Å²) in [4.78, 5) is 17.2. The fraction of sp³-hybridized carbons (Fsp3) is 0.400. The van der Waals surface area contributed by atoms with Crippen molar-refractivity contribution < 1.29 is 9.53 Å². The molecule has 2 heterocycles. The van der Waals surface area contributed by atoms with Crippen LogP contribution in [0.4, 0.5) is 0 Å². The molecule has 148 valence electrons. The van der Waals surface area contributed by atoms with E-state index in [1.54, 1.807) is 19.4 Å². The van der Waals surface area contributed by atoms with Gasteiger partial charge in [0.2, 0.25) is 5.91 Å². The molecule has 0 radical (unpaired) electrons. The Labute approximate surface area is 169 Å². The number of allylic oxidation sites excluding steroid dienone is 2. The Morgan fingerprint density at radius 2 is 2.21 bits per heavy atom. The van der Waals surface area contributed by atoms with E-state index in [1.807, 2.05) is 55.7 Å². The molecule has 2 aromatic rings. The minimum atomic E-state index is -0.700. The van der Waals surface area contributed by atoms with Gasteiger partial charge in [0.25, 0.3) is 0 Å². The van der Waals surface area contributed by atoms with E-state index >= 15 is 0 Å². The van der Waals surface area contributed by atoms with Crippen molar-refractivity contribution in [2.75, 3.05) is 7.11 Å². The number of ether oxygens (including phenoxy) is 1. The SMILES string of the molecule is CCn1c(SC(C)(C)C(=O)NC2C=CC=CC2)nnc1-c1cc(OC)ccn1. The Kier molecular flexibility index (Phi) is 6.18. The Morgan fingerprint density at radius 3 is 2.89 bits per heavy atom. The first-order chi connectivity index (χ1) is 13.4. The molecule has 0 bridgehead atoms. The summed E-state index contributed by atoms with van der Waals surface area (Å²) in [6.07, 6.45) is 10.5. The molecule has 1 unspecified atom stereocenters. The van der Waals surface area contributed by atoms with E-state index in [9.17, 15) is 4.79 Å². The summed E-state index contributed by atoms with van der Waals surface area (Å²) in [7, 11) is 1.61. The first-order valence-corrected chi connectivity index (χ1v) is 10.0. The van der Waals surface area contributed by atoms with Crippen LogP contribution in [-0.2, 0) is 11.3 Å². The fourth-order valence-corrected chi connectivity index (χ4v) is 3.82. The molecular weight excluding hydrogens is 374 g/mol. The molecule has 0 fully saturated rings. The molecule has 8 heteroatoms. The lowest BCUT2D eigenvalue weighted by Gasteiger charge is -2.25. The predicted molar refractivity (Wildman–Crippen MR) is 110 cm³/mol. The summed E-state index contributed by atoms with van der Waals surface area (Å²) in [5.74, 6) is 1.33. The molecule has 0 spiro atoms. The topological polar surface area (TPSA) is 81.9 Å². The van der Waals surface area contributed by atoms with Gasteiger partial charge in [0.05, 0.1) is 17.9 Å². The van der Waals surface area contributed by atoms with Gasteiger partial charge in [-0.1, -0.05) is 36.1 Å². The zero-order valence-electron chi connectivity index (χ0n) is 16.5. The van der Waals surface area contributed by atoms with E-state index in [1.165, 1.54) is 11.8 Å². The highest BCUT2D eigenvalue weighted by molar-refractivity contribution is 8.01. The van der Waals surface area contributed by atoms with Crippen LogP contribution in [0.25, 0.3) is 11.5 Å². The van der Waals surface area contributed by atoms with Crippen LogP contribution in [0, 0.1) is 0 Å². The highest BCUT2D eigenvalue weighted by Gasteiger charge is 2.33. The molecule has 2 aromatic heterocycles. The number of hydrogen-bond donors (Lipinski definition) is 1. The number of carbonyl (C=O) groups is 1. The Morgan fingerprint density at radius 1 is 1.39 bits per heavy atom. The predicted octanol–water partition coefficient (Wildman–Crippen LogP) is 3.24. The van der Waals surface area contributed by atoms with Gasteiger partial charge < -0.3 is 14.6 Å². The van der Waals surface area contributed by atoms with Gasteiger partial charge in [-0.25, -0.2) is 0 Å².